The molecular formula is C24H37NO5. The van der Waals surface area contributed by atoms with Gasteiger partial charge in [0.25, 0.3) is 0 Å². The number of para-hydroxylation sites is 1. The molecule has 1 aromatic rings. The van der Waals surface area contributed by atoms with E-state index in [9.17, 15) is 9.59 Å². The van der Waals surface area contributed by atoms with E-state index in [1.165, 1.54) is 0 Å². The monoisotopic (exact) mass is 419 g/mol. The molecule has 1 heterocycles. The van der Waals surface area contributed by atoms with Gasteiger partial charge in [-0.2, -0.15) is 0 Å². The molecule has 4 unspecified atom stereocenters. The van der Waals surface area contributed by atoms with Gasteiger partial charge in [-0.05, 0) is 65.5 Å². The van der Waals surface area contributed by atoms with Crippen molar-refractivity contribution >= 4 is 12.1 Å². The zero-order valence-corrected chi connectivity index (χ0v) is 19.0. The van der Waals surface area contributed by atoms with Crippen LogP contribution < -0.4 is 10.1 Å². The minimum absolute atomic E-state index is 0.0537. The maximum Gasteiger partial charge on any atom is 0.408 e. The predicted molar refractivity (Wildman–Crippen MR) is 116 cm³/mol. The van der Waals surface area contributed by atoms with Crippen molar-refractivity contribution in [2.24, 2.45) is 5.92 Å². The first-order valence-corrected chi connectivity index (χ1v) is 11.1. The van der Waals surface area contributed by atoms with Crippen molar-refractivity contribution in [2.45, 2.75) is 97.0 Å². The summed E-state index contributed by atoms with van der Waals surface area (Å²) in [6.07, 6.45) is 4.08. The second kappa shape index (κ2) is 11.2. The summed E-state index contributed by atoms with van der Waals surface area (Å²) in [7, 11) is 0. The maximum atomic E-state index is 12.8. The number of cyclic esters (lactones) is 1. The fourth-order valence-corrected chi connectivity index (χ4v) is 3.77. The summed E-state index contributed by atoms with van der Waals surface area (Å²) in [6, 6.07) is 9.05. The second-order valence-corrected chi connectivity index (χ2v) is 9.05. The molecule has 4 atom stereocenters. The molecule has 6 nitrogen and oxygen atoms in total. The van der Waals surface area contributed by atoms with Gasteiger partial charge < -0.3 is 19.5 Å². The Labute approximate surface area is 180 Å². The van der Waals surface area contributed by atoms with E-state index in [0.717, 1.165) is 37.9 Å². The normalized spacial score (nSPS) is 25.3. The highest BCUT2D eigenvalue weighted by Gasteiger charge is 2.35. The molecule has 1 aliphatic rings. The Kier molecular flexibility index (Phi) is 9.00. The first-order valence-electron chi connectivity index (χ1n) is 11.1. The van der Waals surface area contributed by atoms with Crippen LogP contribution in [0.3, 0.4) is 0 Å². The topological polar surface area (TPSA) is 73.9 Å². The van der Waals surface area contributed by atoms with Gasteiger partial charge >= 0.3 is 12.1 Å². The van der Waals surface area contributed by atoms with Crippen molar-refractivity contribution in [1.29, 1.82) is 0 Å². The molecule has 0 spiro atoms. The molecule has 1 fully saturated rings. The molecule has 30 heavy (non-hydrogen) atoms. The van der Waals surface area contributed by atoms with Crippen LogP contribution in [0.2, 0.25) is 0 Å². The van der Waals surface area contributed by atoms with Crippen molar-refractivity contribution < 1.29 is 23.8 Å². The van der Waals surface area contributed by atoms with Gasteiger partial charge in [-0.15, -0.1) is 0 Å². The quantitative estimate of drug-likeness (QED) is 0.638. The van der Waals surface area contributed by atoms with Crippen LogP contribution in [0.5, 0.6) is 5.75 Å². The van der Waals surface area contributed by atoms with Crippen molar-refractivity contribution in [1.82, 2.24) is 5.32 Å². The number of unbranched alkanes of at least 4 members (excludes halogenated alkanes) is 1. The minimum atomic E-state index is -0.718. The molecule has 0 bridgehead atoms. The van der Waals surface area contributed by atoms with E-state index in [-0.39, 0.29) is 18.1 Å². The lowest BCUT2D eigenvalue weighted by molar-refractivity contribution is -0.154. The van der Waals surface area contributed by atoms with Crippen LogP contribution in [-0.4, -0.2) is 35.9 Å². The van der Waals surface area contributed by atoms with Crippen LogP contribution in [0, 0.1) is 5.92 Å². The van der Waals surface area contributed by atoms with Gasteiger partial charge in [0.1, 0.15) is 29.6 Å². The summed E-state index contributed by atoms with van der Waals surface area (Å²) in [4.78, 5) is 25.0. The van der Waals surface area contributed by atoms with Gasteiger partial charge in [-0.3, -0.25) is 0 Å². The van der Waals surface area contributed by atoms with Crippen LogP contribution in [0.1, 0.15) is 73.1 Å². The fourth-order valence-electron chi connectivity index (χ4n) is 3.77. The lowest BCUT2D eigenvalue weighted by Crippen LogP contribution is -2.45. The molecule has 1 amide bonds. The zero-order valence-electron chi connectivity index (χ0n) is 19.0. The Hall–Kier alpha value is -2.24. The molecule has 0 saturated carbocycles. The molecule has 0 aromatic heterocycles. The van der Waals surface area contributed by atoms with E-state index < -0.39 is 23.7 Å². The number of hydrogen-bond donors (Lipinski definition) is 1. The average molecular weight is 420 g/mol. The Morgan fingerprint density at radius 1 is 1.20 bits per heavy atom. The highest BCUT2D eigenvalue weighted by Crippen LogP contribution is 2.29. The molecule has 1 aliphatic heterocycles. The zero-order chi connectivity index (χ0) is 22.1. The standard InChI is InChI=1S/C24H37NO5/c1-6-7-14-19-17(2)28-22(26)20(25-23(27)30-24(3,4)5)15-11-16-21(19)29-18-12-9-8-10-13-18/h8-10,12-13,17,19-21H,6-7,11,14-16H2,1-5H3,(H,25,27). The number of esters is 1. The Balaban J connectivity index is 2.13. The second-order valence-electron chi connectivity index (χ2n) is 9.05. The summed E-state index contributed by atoms with van der Waals surface area (Å²) in [5, 5.41) is 2.69. The van der Waals surface area contributed by atoms with Crippen molar-refractivity contribution in [3.05, 3.63) is 30.3 Å². The summed E-state index contributed by atoms with van der Waals surface area (Å²) < 4.78 is 17.5. The number of alkyl carbamates (subject to hydrolysis) is 1. The average Bonchev–Trinajstić information content (AvgIpc) is 2.70. The van der Waals surface area contributed by atoms with Crippen molar-refractivity contribution in [3.8, 4) is 5.75 Å². The van der Waals surface area contributed by atoms with Crippen LogP contribution >= 0.6 is 0 Å². The Bertz CT molecular complexity index is 670. The van der Waals surface area contributed by atoms with E-state index in [1.807, 2.05) is 37.3 Å². The van der Waals surface area contributed by atoms with Crippen LogP contribution in [0.15, 0.2) is 30.3 Å². The molecule has 0 radical (unpaired) electrons. The molecule has 1 N–H and O–H groups in total. The van der Waals surface area contributed by atoms with Crippen molar-refractivity contribution in [2.75, 3.05) is 0 Å². The molecular weight excluding hydrogens is 382 g/mol. The minimum Gasteiger partial charge on any atom is -0.490 e. The first-order chi connectivity index (χ1) is 14.2. The number of nitrogens with one attached hydrogen (secondary N) is 1. The summed E-state index contributed by atoms with van der Waals surface area (Å²) in [5.41, 5.74) is -0.625. The lowest BCUT2D eigenvalue weighted by atomic mass is 9.88. The number of carbonyl (C=O) groups is 2. The van der Waals surface area contributed by atoms with E-state index in [0.29, 0.717) is 6.42 Å². The number of hydrogen-bond acceptors (Lipinski definition) is 5. The van der Waals surface area contributed by atoms with Gasteiger partial charge in [0.2, 0.25) is 0 Å². The number of ether oxygens (including phenoxy) is 3. The number of carbonyl (C=O) groups excluding carboxylic acids is 2. The van der Waals surface area contributed by atoms with Crippen LogP contribution in [0.25, 0.3) is 0 Å². The van der Waals surface area contributed by atoms with E-state index >= 15 is 0 Å². The third kappa shape index (κ3) is 7.88. The van der Waals surface area contributed by atoms with Gasteiger partial charge in [0, 0.05) is 5.92 Å². The molecule has 0 aliphatic carbocycles. The van der Waals surface area contributed by atoms with Gasteiger partial charge in [0.05, 0.1) is 0 Å². The Morgan fingerprint density at radius 3 is 2.53 bits per heavy atom. The summed E-state index contributed by atoms with van der Waals surface area (Å²) in [5.74, 6) is 0.509. The van der Waals surface area contributed by atoms with Crippen LogP contribution in [-0.2, 0) is 14.3 Å². The first kappa shape index (κ1) is 24.0. The van der Waals surface area contributed by atoms with Gasteiger partial charge in [-0.1, -0.05) is 38.0 Å². The van der Waals surface area contributed by atoms with Gasteiger partial charge in [0.15, 0.2) is 0 Å². The third-order valence-corrected chi connectivity index (χ3v) is 5.26. The Morgan fingerprint density at radius 2 is 1.90 bits per heavy atom. The SMILES string of the molecule is CCCCC1C(C)OC(=O)C(NC(=O)OC(C)(C)C)CCCC1Oc1ccccc1. The fraction of sp³-hybridized carbons (Fsp3) is 0.667. The smallest absolute Gasteiger partial charge is 0.408 e. The highest BCUT2D eigenvalue weighted by molar-refractivity contribution is 5.81. The van der Waals surface area contributed by atoms with Crippen molar-refractivity contribution in [3.63, 3.8) is 0 Å². The molecule has 2 rings (SSSR count). The predicted octanol–water partition coefficient (Wildman–Crippen LogP) is 5.25. The third-order valence-electron chi connectivity index (χ3n) is 5.26. The van der Waals surface area contributed by atoms with Gasteiger partial charge in [-0.25, -0.2) is 9.59 Å². The summed E-state index contributed by atoms with van der Waals surface area (Å²) in [6.45, 7) is 9.45. The largest absolute Gasteiger partial charge is 0.490 e. The number of amides is 1. The maximum absolute atomic E-state index is 12.8. The summed E-state index contributed by atoms with van der Waals surface area (Å²) >= 11 is 0. The number of rotatable bonds is 6. The van der Waals surface area contributed by atoms with E-state index in [2.05, 4.69) is 12.2 Å². The van der Waals surface area contributed by atoms with E-state index in [1.54, 1.807) is 20.8 Å². The highest BCUT2D eigenvalue weighted by atomic mass is 16.6. The lowest BCUT2D eigenvalue weighted by Gasteiger charge is -2.31. The number of benzene rings is 1. The molecule has 6 heteroatoms. The molecule has 1 aromatic carbocycles. The van der Waals surface area contributed by atoms with Crippen LogP contribution in [0.4, 0.5) is 4.79 Å². The van der Waals surface area contributed by atoms with E-state index in [4.69, 9.17) is 14.2 Å². The molecule has 168 valence electrons. The molecule has 1 saturated heterocycles.